The molecule has 6 nitrogen and oxygen atoms in total. The Morgan fingerprint density at radius 2 is 1.00 bits per heavy atom. The fourth-order valence-corrected chi connectivity index (χ4v) is 0.141. The van der Waals surface area contributed by atoms with Crippen LogP contribution in [0.3, 0.4) is 0 Å². The third kappa shape index (κ3) is 15.7. The summed E-state index contributed by atoms with van der Waals surface area (Å²) < 4.78 is 2.14. The van der Waals surface area contributed by atoms with Crippen LogP contribution in [0.1, 0.15) is 27.7 Å². The van der Waals surface area contributed by atoms with E-state index in [9.17, 15) is 9.59 Å². The van der Waals surface area contributed by atoms with Gasteiger partial charge in [0.15, 0.2) is 11.6 Å². The van der Waals surface area contributed by atoms with Crippen molar-refractivity contribution in [2.24, 2.45) is 10.3 Å². The molecule has 0 amide bonds. The van der Waals surface area contributed by atoms with Gasteiger partial charge in [0.2, 0.25) is 0 Å². The molecule has 0 spiro atoms. The molecular weight excluding hydrogens is 407 g/mol. The van der Waals surface area contributed by atoms with Crippen molar-refractivity contribution in [3.63, 3.8) is 0 Å². The quantitative estimate of drug-likeness (QED) is 0.300. The van der Waals surface area contributed by atoms with E-state index in [1.54, 1.807) is 0 Å². The van der Waals surface area contributed by atoms with Gasteiger partial charge in [-0.25, -0.2) is 0 Å². The van der Waals surface area contributed by atoms with Gasteiger partial charge in [0.25, 0.3) is 0 Å². The van der Waals surface area contributed by atoms with Crippen LogP contribution in [0, 0.1) is 0 Å². The van der Waals surface area contributed by atoms with E-state index in [4.69, 9.17) is 10.4 Å². The Hall–Kier alpha value is -0.798. The van der Waals surface area contributed by atoms with Gasteiger partial charge in [0, 0.05) is 13.8 Å². The van der Waals surface area contributed by atoms with Crippen LogP contribution in [0.4, 0.5) is 0 Å². The van der Waals surface area contributed by atoms with Crippen LogP contribution in [0.15, 0.2) is 10.3 Å². The van der Waals surface area contributed by atoms with Crippen molar-refractivity contribution in [2.45, 2.75) is 32.2 Å². The second kappa shape index (κ2) is 14.2. The zero-order valence-electron chi connectivity index (χ0n) is 10.1. The summed E-state index contributed by atoms with van der Waals surface area (Å²) in [5.41, 5.74) is 0.278. The molecule has 16 heavy (non-hydrogen) atoms. The third-order valence-electron chi connectivity index (χ3n) is 1.32. The summed E-state index contributed by atoms with van der Waals surface area (Å²) in [5, 5.41) is 21.1. The van der Waals surface area contributed by atoms with Gasteiger partial charge >= 0.3 is 30.3 Å². The molecule has 0 aromatic heterocycles. The maximum atomic E-state index is 10.1. The molecule has 0 aliphatic heterocycles. The molecule has 0 aliphatic rings. The molecule has 0 heterocycles. The van der Waals surface area contributed by atoms with Crippen molar-refractivity contribution in [3.8, 4) is 0 Å². The van der Waals surface area contributed by atoms with Crippen molar-refractivity contribution in [2.75, 3.05) is 0 Å². The molecule has 0 aliphatic carbocycles. The number of nitrogens with zero attached hydrogens (tertiary/aromatic N) is 2. The molecule has 3 radical (unpaired) electrons. The van der Waals surface area contributed by atoms with Crippen LogP contribution >= 0.6 is 0 Å². The summed E-state index contributed by atoms with van der Waals surface area (Å²) >= 11 is 1.31. The Morgan fingerprint density at radius 3 is 1.00 bits per heavy atom. The fraction of sp³-hybridized carbons (Fsp3) is 0.556. The van der Waals surface area contributed by atoms with Crippen molar-refractivity contribution < 1.29 is 20.0 Å². The Labute approximate surface area is 111 Å². The van der Waals surface area contributed by atoms with Gasteiger partial charge in [0.1, 0.15) is 11.4 Å². The third-order valence-corrected chi connectivity index (χ3v) is 1.32. The Kier molecular flexibility index (Phi) is 18.3. The molecule has 0 aromatic rings. The van der Waals surface area contributed by atoms with Gasteiger partial charge < -0.3 is 10.4 Å². The minimum absolute atomic E-state index is 0.139. The number of rotatable bonds is 2. The zero-order valence-corrected chi connectivity index (χ0v) is 14.0. The first-order valence-corrected chi connectivity index (χ1v) is 8.14. The van der Waals surface area contributed by atoms with Gasteiger partial charge in [-0.15, -0.1) is 0 Å². The van der Waals surface area contributed by atoms with Gasteiger partial charge in [-0.2, -0.15) is 0 Å². The first-order valence-electron chi connectivity index (χ1n) is 4.26. The monoisotopic (exact) mass is 425 g/mol. The summed E-state index contributed by atoms with van der Waals surface area (Å²) in [6.45, 7) is 5.58. The molecule has 0 bridgehead atoms. The molecule has 0 rings (SSSR count). The van der Waals surface area contributed by atoms with Crippen LogP contribution in [0.2, 0.25) is 4.48 Å². The molecule has 7 heteroatoms. The topological polar surface area (TPSA) is 99.3 Å². The van der Waals surface area contributed by atoms with E-state index in [0.717, 1.165) is 0 Å². The van der Waals surface area contributed by atoms with Crippen molar-refractivity contribution in [3.05, 3.63) is 0 Å². The zero-order chi connectivity index (χ0) is 13.7. The molecule has 0 aromatic carbocycles. The number of hydrogen-bond donors (Lipinski definition) is 2. The average Bonchev–Trinajstić information content (AvgIpc) is 2.29. The predicted molar refractivity (Wildman–Crippen MR) is 62.8 cm³/mol. The second-order valence-corrected chi connectivity index (χ2v) is 2.48. The summed E-state index contributed by atoms with van der Waals surface area (Å²) in [5.74, 6) is -0.412. The molecule has 0 fully saturated rings. The number of oxime groups is 2. The number of Topliss-reactive ketones (excluding diaryl/α,β-unsaturated/α-hetero) is 2. The average molecular weight is 424 g/mol. The summed E-state index contributed by atoms with van der Waals surface area (Å²) in [6.07, 6.45) is 0. The van der Waals surface area contributed by atoms with Gasteiger partial charge in [-0.3, -0.25) is 9.59 Å². The first-order chi connectivity index (χ1) is 7.36. The van der Waals surface area contributed by atoms with Crippen molar-refractivity contribution in [1.29, 1.82) is 0 Å². The minimum atomic E-state index is -0.206. The van der Waals surface area contributed by atoms with Crippen LogP contribution in [0.5, 0.6) is 0 Å². The van der Waals surface area contributed by atoms with Crippen LogP contribution in [-0.4, -0.2) is 59.2 Å². The van der Waals surface area contributed by atoms with E-state index in [1.807, 2.05) is 0 Å². The van der Waals surface area contributed by atoms with Crippen LogP contribution in [-0.2, 0) is 9.59 Å². The van der Waals surface area contributed by atoms with Crippen LogP contribution in [0.25, 0.3) is 0 Å². The SMILES string of the molecule is CC(=O)/C(C)=N\O.CC(=O)C(C)=NO.[CH3][Pb]. The Balaban J connectivity index is -0.000000183. The van der Waals surface area contributed by atoms with Crippen molar-refractivity contribution >= 4 is 48.8 Å². The normalized spacial score (nSPS) is 10.4. The number of hydrogen-bond acceptors (Lipinski definition) is 6. The molecule has 0 saturated carbocycles. The number of ketones is 2. The van der Waals surface area contributed by atoms with Gasteiger partial charge in [-0.05, 0) is 13.8 Å². The van der Waals surface area contributed by atoms with E-state index >= 15 is 0 Å². The summed E-state index contributed by atoms with van der Waals surface area (Å²) in [4.78, 5) is 20.2. The fourth-order valence-electron chi connectivity index (χ4n) is 0.141. The van der Waals surface area contributed by atoms with Gasteiger partial charge in [-0.1, -0.05) is 10.3 Å². The molecule has 0 atom stereocenters. The number of carbonyl (C=O) groups excluding carboxylic acids is 2. The first kappa shape index (κ1) is 20.6. The predicted octanol–water partition coefficient (Wildman–Crippen LogP) is 1.05. The van der Waals surface area contributed by atoms with E-state index < -0.39 is 0 Å². The van der Waals surface area contributed by atoms with Crippen molar-refractivity contribution in [1.82, 2.24) is 0 Å². The molecule has 0 unspecified atom stereocenters. The summed E-state index contributed by atoms with van der Waals surface area (Å²) in [7, 11) is 0. The van der Waals surface area contributed by atoms with Crippen LogP contribution < -0.4 is 0 Å². The molecular formula is C9H17N2O4Pb. The van der Waals surface area contributed by atoms with Gasteiger partial charge in [0.05, 0.1) is 0 Å². The second-order valence-electron chi connectivity index (χ2n) is 2.48. The molecule has 91 valence electrons. The standard InChI is InChI=1S/2C4H7NO2.CH3.Pb/c2*1-3(5-7)4(2)6;;/h2*7H,1-2H3;1H3;/b5-3-;;;. The maximum absolute atomic E-state index is 10.1. The molecule has 2 N–H and O–H groups in total. The molecule has 0 saturated heterocycles. The Morgan fingerprint density at radius 1 is 0.812 bits per heavy atom. The Bertz CT molecular complexity index is 247. The van der Waals surface area contributed by atoms with E-state index in [-0.39, 0.29) is 23.0 Å². The summed E-state index contributed by atoms with van der Waals surface area (Å²) in [6, 6.07) is 0. The van der Waals surface area contributed by atoms with E-state index in [0.29, 0.717) is 0 Å². The number of carbonyl (C=O) groups is 2. The van der Waals surface area contributed by atoms with E-state index in [1.165, 1.54) is 53.5 Å². The van der Waals surface area contributed by atoms with E-state index in [2.05, 4.69) is 14.8 Å².